The Balaban J connectivity index is 1.83. The van der Waals surface area contributed by atoms with Crippen LogP contribution < -0.4 is 5.32 Å². The average molecular weight is 337 g/mol. The minimum Gasteiger partial charge on any atom is -0.351 e. The molecule has 0 unspecified atom stereocenters. The maximum Gasteiger partial charge on any atom is 0.226 e. The third-order valence-corrected chi connectivity index (χ3v) is 4.24. The van der Waals surface area contributed by atoms with Gasteiger partial charge in [0.15, 0.2) is 0 Å². The molecule has 1 aliphatic heterocycles. The Morgan fingerprint density at radius 1 is 1.17 bits per heavy atom. The second-order valence-electron chi connectivity index (χ2n) is 7.20. The van der Waals surface area contributed by atoms with Gasteiger partial charge >= 0.3 is 0 Å². The van der Waals surface area contributed by atoms with Crippen molar-refractivity contribution in [1.29, 1.82) is 0 Å². The lowest BCUT2D eigenvalue weighted by atomic mass is 9.94. The number of hydrogen-bond donors (Lipinski definition) is 1. The standard InChI is InChI=1S/C18H25ClN2O2/c1-18(2,3)20-17(23)14-8-10-21(11-9-14)16(22)12-13-4-6-15(19)7-5-13/h4-7,14H,8-12H2,1-3H3,(H,20,23). The molecule has 5 heteroatoms. The molecule has 4 nitrogen and oxygen atoms in total. The van der Waals surface area contributed by atoms with Crippen molar-refractivity contribution < 1.29 is 9.59 Å². The number of amides is 2. The van der Waals surface area contributed by atoms with E-state index in [4.69, 9.17) is 11.6 Å². The van der Waals surface area contributed by atoms with Crippen LogP contribution in [0.25, 0.3) is 0 Å². The van der Waals surface area contributed by atoms with Gasteiger partial charge in [0.1, 0.15) is 0 Å². The van der Waals surface area contributed by atoms with E-state index < -0.39 is 0 Å². The Bertz CT molecular complexity index is 555. The summed E-state index contributed by atoms with van der Waals surface area (Å²) >= 11 is 5.86. The molecule has 1 aromatic carbocycles. The Morgan fingerprint density at radius 2 is 1.74 bits per heavy atom. The average Bonchev–Trinajstić information content (AvgIpc) is 2.48. The zero-order valence-electron chi connectivity index (χ0n) is 14.1. The Hall–Kier alpha value is -1.55. The SMILES string of the molecule is CC(C)(C)NC(=O)C1CCN(C(=O)Cc2ccc(Cl)cc2)CC1. The van der Waals surface area contributed by atoms with Crippen molar-refractivity contribution >= 4 is 23.4 Å². The van der Waals surface area contributed by atoms with E-state index in [-0.39, 0.29) is 23.3 Å². The maximum absolute atomic E-state index is 12.4. The monoisotopic (exact) mass is 336 g/mol. The summed E-state index contributed by atoms with van der Waals surface area (Å²) in [6.45, 7) is 7.24. The molecular weight excluding hydrogens is 312 g/mol. The lowest BCUT2D eigenvalue weighted by Gasteiger charge is -2.33. The number of nitrogens with one attached hydrogen (secondary N) is 1. The molecule has 1 N–H and O–H groups in total. The normalized spacial score (nSPS) is 16.3. The minimum atomic E-state index is -0.210. The van der Waals surface area contributed by atoms with Gasteiger partial charge in [-0.05, 0) is 51.3 Å². The number of likely N-dealkylation sites (tertiary alicyclic amines) is 1. The molecule has 0 aliphatic carbocycles. The van der Waals surface area contributed by atoms with Crippen LogP contribution in [0.1, 0.15) is 39.2 Å². The molecule has 2 rings (SSSR count). The van der Waals surface area contributed by atoms with Crippen molar-refractivity contribution in [1.82, 2.24) is 10.2 Å². The third-order valence-electron chi connectivity index (χ3n) is 3.99. The zero-order chi connectivity index (χ0) is 17.0. The van der Waals surface area contributed by atoms with Crippen LogP contribution >= 0.6 is 11.6 Å². The number of carbonyl (C=O) groups is 2. The fraction of sp³-hybridized carbons (Fsp3) is 0.556. The van der Waals surface area contributed by atoms with Crippen molar-refractivity contribution in [2.24, 2.45) is 5.92 Å². The first-order valence-corrected chi connectivity index (χ1v) is 8.46. The largest absolute Gasteiger partial charge is 0.351 e. The van der Waals surface area contributed by atoms with E-state index in [0.29, 0.717) is 24.5 Å². The van der Waals surface area contributed by atoms with Gasteiger partial charge in [-0.15, -0.1) is 0 Å². The Labute approximate surface area is 143 Å². The molecule has 1 aliphatic rings. The van der Waals surface area contributed by atoms with E-state index in [9.17, 15) is 9.59 Å². The van der Waals surface area contributed by atoms with Crippen LogP contribution in [-0.4, -0.2) is 35.3 Å². The van der Waals surface area contributed by atoms with Gasteiger partial charge in [0.05, 0.1) is 6.42 Å². The number of carbonyl (C=O) groups excluding carboxylic acids is 2. The van der Waals surface area contributed by atoms with Gasteiger partial charge in [0.2, 0.25) is 11.8 Å². The van der Waals surface area contributed by atoms with Crippen LogP contribution in [0.15, 0.2) is 24.3 Å². The lowest BCUT2D eigenvalue weighted by molar-refractivity contribution is -0.135. The van der Waals surface area contributed by atoms with Crippen LogP contribution in [-0.2, 0) is 16.0 Å². The molecule has 0 bridgehead atoms. The summed E-state index contributed by atoms with van der Waals surface area (Å²) < 4.78 is 0. The summed E-state index contributed by atoms with van der Waals surface area (Å²) in [5, 5.41) is 3.70. The van der Waals surface area contributed by atoms with Gasteiger partial charge in [-0.3, -0.25) is 9.59 Å². The number of nitrogens with zero attached hydrogens (tertiary/aromatic N) is 1. The summed E-state index contributed by atoms with van der Waals surface area (Å²) in [7, 11) is 0. The summed E-state index contributed by atoms with van der Waals surface area (Å²) in [4.78, 5) is 26.4. The highest BCUT2D eigenvalue weighted by Gasteiger charge is 2.28. The first kappa shape index (κ1) is 17.8. The highest BCUT2D eigenvalue weighted by Crippen LogP contribution is 2.19. The van der Waals surface area contributed by atoms with Crippen molar-refractivity contribution in [2.45, 2.75) is 45.6 Å². The molecule has 1 heterocycles. The van der Waals surface area contributed by atoms with E-state index >= 15 is 0 Å². The Morgan fingerprint density at radius 3 is 2.26 bits per heavy atom. The van der Waals surface area contributed by atoms with Crippen molar-refractivity contribution in [2.75, 3.05) is 13.1 Å². The van der Waals surface area contributed by atoms with Gasteiger partial charge in [-0.2, -0.15) is 0 Å². The number of halogens is 1. The third kappa shape index (κ3) is 5.54. The van der Waals surface area contributed by atoms with Crippen molar-refractivity contribution in [3.63, 3.8) is 0 Å². The predicted octanol–water partition coefficient (Wildman–Crippen LogP) is 3.04. The molecule has 126 valence electrons. The predicted molar refractivity (Wildman–Crippen MR) is 92.4 cm³/mol. The molecule has 23 heavy (non-hydrogen) atoms. The molecule has 0 saturated carbocycles. The molecule has 1 fully saturated rings. The van der Waals surface area contributed by atoms with Gasteiger partial charge in [0, 0.05) is 29.6 Å². The van der Waals surface area contributed by atoms with E-state index in [1.807, 2.05) is 37.8 Å². The van der Waals surface area contributed by atoms with E-state index in [1.54, 1.807) is 12.1 Å². The van der Waals surface area contributed by atoms with Crippen LogP contribution in [0.3, 0.4) is 0 Å². The number of rotatable bonds is 3. The van der Waals surface area contributed by atoms with Crippen LogP contribution in [0.5, 0.6) is 0 Å². The molecule has 1 aromatic rings. The number of piperidine rings is 1. The van der Waals surface area contributed by atoms with Gasteiger partial charge in [-0.25, -0.2) is 0 Å². The summed E-state index contributed by atoms with van der Waals surface area (Å²) in [6, 6.07) is 7.36. The molecule has 1 saturated heterocycles. The molecule has 0 spiro atoms. The topological polar surface area (TPSA) is 49.4 Å². The van der Waals surface area contributed by atoms with Gasteiger partial charge < -0.3 is 10.2 Å². The Kier molecular flexibility index (Phi) is 5.69. The lowest BCUT2D eigenvalue weighted by Crippen LogP contribution is -2.48. The van der Waals surface area contributed by atoms with E-state index in [2.05, 4.69) is 5.32 Å². The van der Waals surface area contributed by atoms with Gasteiger partial charge in [-0.1, -0.05) is 23.7 Å². The van der Waals surface area contributed by atoms with Crippen molar-refractivity contribution in [3.05, 3.63) is 34.9 Å². The number of hydrogen-bond acceptors (Lipinski definition) is 2. The summed E-state index contributed by atoms with van der Waals surface area (Å²) in [6.07, 6.45) is 1.85. The van der Waals surface area contributed by atoms with Crippen LogP contribution in [0, 0.1) is 5.92 Å². The van der Waals surface area contributed by atoms with E-state index in [1.165, 1.54) is 0 Å². The maximum atomic E-state index is 12.4. The fourth-order valence-electron chi connectivity index (χ4n) is 2.75. The first-order valence-electron chi connectivity index (χ1n) is 8.09. The van der Waals surface area contributed by atoms with Crippen LogP contribution in [0.2, 0.25) is 5.02 Å². The smallest absolute Gasteiger partial charge is 0.226 e. The minimum absolute atomic E-state index is 0.00815. The molecule has 0 radical (unpaired) electrons. The second kappa shape index (κ2) is 7.35. The first-order chi connectivity index (χ1) is 10.7. The number of benzene rings is 1. The molecular formula is C18H25ClN2O2. The molecule has 2 amide bonds. The van der Waals surface area contributed by atoms with Crippen molar-refractivity contribution in [3.8, 4) is 0 Å². The zero-order valence-corrected chi connectivity index (χ0v) is 14.8. The molecule has 0 aromatic heterocycles. The second-order valence-corrected chi connectivity index (χ2v) is 7.63. The van der Waals surface area contributed by atoms with E-state index in [0.717, 1.165) is 18.4 Å². The highest BCUT2D eigenvalue weighted by molar-refractivity contribution is 6.30. The van der Waals surface area contributed by atoms with Gasteiger partial charge in [0.25, 0.3) is 0 Å². The summed E-state index contributed by atoms with van der Waals surface area (Å²) in [5.41, 5.74) is 0.755. The van der Waals surface area contributed by atoms with Crippen LogP contribution in [0.4, 0.5) is 0 Å². The fourth-order valence-corrected chi connectivity index (χ4v) is 2.88. The highest BCUT2D eigenvalue weighted by atomic mass is 35.5. The summed E-state index contributed by atoms with van der Waals surface area (Å²) in [5.74, 6) is 0.220. The quantitative estimate of drug-likeness (QED) is 0.922. The molecule has 0 atom stereocenters.